The zero-order valence-electron chi connectivity index (χ0n) is 9.66. The van der Waals surface area contributed by atoms with Crippen LogP contribution in [0.25, 0.3) is 0 Å². The molecule has 0 atom stereocenters. The molecule has 0 heterocycles. The molecule has 0 unspecified atom stereocenters. The molecule has 16 heavy (non-hydrogen) atoms. The molecule has 1 aromatic rings. The minimum Gasteiger partial charge on any atom is -0.425 e. The summed E-state index contributed by atoms with van der Waals surface area (Å²) in [7, 11) is 1.46. The second kappa shape index (κ2) is 6.85. The number of nitrogens with one attached hydrogen (secondary N) is 1. The highest BCUT2D eigenvalue weighted by molar-refractivity contribution is 5.73. The summed E-state index contributed by atoms with van der Waals surface area (Å²) in [6.07, 6.45) is 1.07. The molecule has 0 radical (unpaired) electrons. The van der Waals surface area contributed by atoms with Crippen LogP contribution in [-0.4, -0.2) is 26.2 Å². The van der Waals surface area contributed by atoms with Crippen molar-refractivity contribution < 1.29 is 14.3 Å². The summed E-state index contributed by atoms with van der Waals surface area (Å²) in [4.78, 5) is 11.1. The summed E-state index contributed by atoms with van der Waals surface area (Å²) >= 11 is 0. The summed E-state index contributed by atoms with van der Waals surface area (Å²) in [5, 5.41) is 3.23. The minimum atomic E-state index is -0.392. The van der Waals surface area contributed by atoms with Gasteiger partial charge in [-0.25, -0.2) is 4.79 Å². The van der Waals surface area contributed by atoms with Crippen LogP contribution in [0.3, 0.4) is 0 Å². The Morgan fingerprint density at radius 2 is 2.00 bits per heavy atom. The molecule has 0 spiro atoms. The third kappa shape index (κ3) is 4.31. The Bertz CT molecular complexity index is 322. The Morgan fingerprint density at radius 1 is 1.31 bits per heavy atom. The highest BCUT2D eigenvalue weighted by Crippen LogP contribution is 2.15. The van der Waals surface area contributed by atoms with E-state index in [0.717, 1.165) is 18.7 Å². The van der Waals surface area contributed by atoms with Gasteiger partial charge >= 0.3 is 5.97 Å². The Labute approximate surface area is 95.6 Å². The van der Waals surface area contributed by atoms with Crippen LogP contribution < -0.4 is 10.1 Å². The van der Waals surface area contributed by atoms with Gasteiger partial charge in [0, 0.05) is 19.3 Å². The van der Waals surface area contributed by atoms with Gasteiger partial charge in [0.1, 0.15) is 12.4 Å². The Balaban J connectivity index is 2.47. The van der Waals surface area contributed by atoms with Crippen LogP contribution in [0.2, 0.25) is 0 Å². The van der Waals surface area contributed by atoms with Crippen molar-refractivity contribution in [3.8, 4) is 5.75 Å². The highest BCUT2D eigenvalue weighted by Gasteiger charge is 2.03. The van der Waals surface area contributed by atoms with Crippen molar-refractivity contribution in [3.05, 3.63) is 24.3 Å². The zero-order valence-corrected chi connectivity index (χ0v) is 9.66. The van der Waals surface area contributed by atoms with Gasteiger partial charge in [0.25, 0.3) is 0 Å². The Kier molecular flexibility index (Phi) is 5.36. The third-order valence-corrected chi connectivity index (χ3v) is 1.93. The highest BCUT2D eigenvalue weighted by atomic mass is 16.6. The molecule has 0 aliphatic carbocycles. The summed E-state index contributed by atoms with van der Waals surface area (Å²) in [5.74, 6) is 0.140. The maximum atomic E-state index is 11.1. The molecule has 0 fully saturated rings. The first-order valence-electron chi connectivity index (χ1n) is 5.29. The number of rotatable bonds is 6. The van der Waals surface area contributed by atoms with Gasteiger partial charge in [0.05, 0.1) is 0 Å². The molecule has 4 heteroatoms. The normalized spacial score (nSPS) is 9.88. The molecule has 88 valence electrons. The van der Waals surface area contributed by atoms with E-state index in [-0.39, 0.29) is 6.61 Å². The molecule has 0 aliphatic rings. The maximum Gasteiger partial charge on any atom is 0.337 e. The van der Waals surface area contributed by atoms with Crippen LogP contribution in [0.4, 0.5) is 5.69 Å². The fraction of sp³-hybridized carbons (Fsp3) is 0.417. The molecule has 1 aromatic carbocycles. The SMILES string of the molecule is CCCNc1ccc(OC(=O)COC)cc1. The molecule has 0 amide bonds. The van der Waals surface area contributed by atoms with Gasteiger partial charge in [-0.3, -0.25) is 0 Å². The topological polar surface area (TPSA) is 47.6 Å². The van der Waals surface area contributed by atoms with E-state index in [1.165, 1.54) is 7.11 Å². The van der Waals surface area contributed by atoms with Crippen LogP contribution in [-0.2, 0) is 9.53 Å². The fourth-order valence-electron chi connectivity index (χ4n) is 1.19. The van der Waals surface area contributed by atoms with E-state index in [9.17, 15) is 4.79 Å². The first-order chi connectivity index (χ1) is 7.76. The summed E-state index contributed by atoms with van der Waals surface area (Å²) in [5.41, 5.74) is 1.02. The van der Waals surface area contributed by atoms with E-state index in [0.29, 0.717) is 5.75 Å². The number of benzene rings is 1. The lowest BCUT2D eigenvalue weighted by molar-refractivity contribution is -0.138. The second-order valence-corrected chi connectivity index (χ2v) is 3.36. The number of hydrogen-bond acceptors (Lipinski definition) is 4. The van der Waals surface area contributed by atoms with Crippen molar-refractivity contribution in [2.24, 2.45) is 0 Å². The number of methoxy groups -OCH3 is 1. The lowest BCUT2D eigenvalue weighted by atomic mass is 10.3. The van der Waals surface area contributed by atoms with Crippen LogP contribution in [0.5, 0.6) is 5.75 Å². The quantitative estimate of drug-likeness (QED) is 0.592. The van der Waals surface area contributed by atoms with Gasteiger partial charge in [-0.2, -0.15) is 0 Å². The van der Waals surface area contributed by atoms with E-state index in [2.05, 4.69) is 17.0 Å². The van der Waals surface area contributed by atoms with Crippen LogP contribution in [0, 0.1) is 0 Å². The summed E-state index contributed by atoms with van der Waals surface area (Å²) in [6, 6.07) is 7.27. The first-order valence-corrected chi connectivity index (χ1v) is 5.29. The molecule has 0 aromatic heterocycles. The van der Waals surface area contributed by atoms with Crippen LogP contribution in [0.15, 0.2) is 24.3 Å². The zero-order chi connectivity index (χ0) is 11.8. The maximum absolute atomic E-state index is 11.1. The molecule has 4 nitrogen and oxygen atoms in total. The predicted molar refractivity (Wildman–Crippen MR) is 62.7 cm³/mol. The van der Waals surface area contributed by atoms with E-state index in [1.807, 2.05) is 12.1 Å². The fourth-order valence-corrected chi connectivity index (χ4v) is 1.19. The number of anilines is 1. The molecule has 0 aliphatic heterocycles. The molecule has 1 N–H and O–H groups in total. The smallest absolute Gasteiger partial charge is 0.337 e. The number of esters is 1. The Hall–Kier alpha value is -1.55. The average Bonchev–Trinajstić information content (AvgIpc) is 2.28. The van der Waals surface area contributed by atoms with Crippen LogP contribution in [0.1, 0.15) is 13.3 Å². The number of ether oxygens (including phenoxy) is 2. The van der Waals surface area contributed by atoms with Crippen molar-refractivity contribution in [1.29, 1.82) is 0 Å². The van der Waals surface area contributed by atoms with Gasteiger partial charge in [-0.15, -0.1) is 0 Å². The second-order valence-electron chi connectivity index (χ2n) is 3.36. The standard InChI is InChI=1S/C12H17NO3/c1-3-8-13-10-4-6-11(7-5-10)16-12(14)9-15-2/h4-7,13H,3,8-9H2,1-2H3. The van der Waals surface area contributed by atoms with E-state index in [4.69, 9.17) is 4.74 Å². The van der Waals surface area contributed by atoms with Crippen molar-refractivity contribution in [3.63, 3.8) is 0 Å². The number of carbonyl (C=O) groups is 1. The van der Waals surface area contributed by atoms with Crippen molar-refractivity contribution >= 4 is 11.7 Å². The average molecular weight is 223 g/mol. The van der Waals surface area contributed by atoms with E-state index < -0.39 is 5.97 Å². The van der Waals surface area contributed by atoms with Gasteiger partial charge in [0.2, 0.25) is 0 Å². The molecule has 1 rings (SSSR count). The van der Waals surface area contributed by atoms with Crippen LogP contribution >= 0.6 is 0 Å². The lowest BCUT2D eigenvalue weighted by Gasteiger charge is -2.06. The van der Waals surface area contributed by atoms with Gasteiger partial charge in [-0.1, -0.05) is 6.92 Å². The summed E-state index contributed by atoms with van der Waals surface area (Å²) in [6.45, 7) is 3.01. The summed E-state index contributed by atoms with van der Waals surface area (Å²) < 4.78 is 9.69. The van der Waals surface area contributed by atoms with Gasteiger partial charge in [0.15, 0.2) is 0 Å². The van der Waals surface area contributed by atoms with E-state index in [1.54, 1.807) is 12.1 Å². The van der Waals surface area contributed by atoms with Gasteiger partial charge < -0.3 is 14.8 Å². The molecular formula is C12H17NO3. The monoisotopic (exact) mass is 223 g/mol. The minimum absolute atomic E-state index is 0.0319. The lowest BCUT2D eigenvalue weighted by Crippen LogP contribution is -2.14. The molecule has 0 bridgehead atoms. The van der Waals surface area contributed by atoms with Gasteiger partial charge in [-0.05, 0) is 30.7 Å². The number of carbonyl (C=O) groups excluding carboxylic acids is 1. The Morgan fingerprint density at radius 3 is 2.56 bits per heavy atom. The van der Waals surface area contributed by atoms with E-state index >= 15 is 0 Å². The van der Waals surface area contributed by atoms with Crippen molar-refractivity contribution in [1.82, 2.24) is 0 Å². The molecule has 0 saturated heterocycles. The van der Waals surface area contributed by atoms with Crippen molar-refractivity contribution in [2.75, 3.05) is 25.6 Å². The third-order valence-electron chi connectivity index (χ3n) is 1.93. The predicted octanol–water partition coefficient (Wildman–Crippen LogP) is 2.06. The number of hydrogen-bond donors (Lipinski definition) is 1. The van der Waals surface area contributed by atoms with Crippen molar-refractivity contribution in [2.45, 2.75) is 13.3 Å². The largest absolute Gasteiger partial charge is 0.425 e. The molecule has 0 saturated carbocycles. The molecular weight excluding hydrogens is 206 g/mol. The first kappa shape index (κ1) is 12.5.